The van der Waals surface area contributed by atoms with Gasteiger partial charge in [-0.15, -0.1) is 0 Å². The van der Waals surface area contributed by atoms with Crippen molar-refractivity contribution in [2.45, 2.75) is 18.0 Å². The van der Waals surface area contributed by atoms with Crippen LogP contribution in [0.1, 0.15) is 17.2 Å². The zero-order chi connectivity index (χ0) is 25.6. The number of carbonyl (C=O) groups excluding carboxylic acids is 3. The van der Waals surface area contributed by atoms with Gasteiger partial charge in [0.2, 0.25) is 11.8 Å². The van der Waals surface area contributed by atoms with Crippen molar-refractivity contribution in [1.82, 2.24) is 5.32 Å². The van der Waals surface area contributed by atoms with Gasteiger partial charge in [-0.3, -0.25) is 19.7 Å². The smallest absolute Gasteiger partial charge is 0.327 e. The molecule has 2 fully saturated rings. The highest BCUT2D eigenvalue weighted by molar-refractivity contribution is 6.24. The molecule has 2 heterocycles. The van der Waals surface area contributed by atoms with E-state index in [0.29, 0.717) is 11.1 Å². The number of nitrogens with zero attached hydrogens (tertiary/aromatic N) is 1. The third kappa shape index (κ3) is 3.63. The molecule has 0 unspecified atom stereocenters. The SMILES string of the molecule is COC(=O)[C@]1(Cc2ccc(O)cc2)N[C@@H](c2cccc(F)c2)[C@H]2C(=O)N(c3ccccc3F)C(=O)[C@H]21. The van der Waals surface area contributed by atoms with Gasteiger partial charge in [-0.2, -0.15) is 0 Å². The summed E-state index contributed by atoms with van der Waals surface area (Å²) in [4.78, 5) is 41.7. The van der Waals surface area contributed by atoms with Crippen molar-refractivity contribution in [3.05, 3.63) is 95.6 Å². The van der Waals surface area contributed by atoms with Crippen molar-refractivity contribution in [2.24, 2.45) is 11.8 Å². The predicted octanol–water partition coefficient (Wildman–Crippen LogP) is 3.28. The van der Waals surface area contributed by atoms with Gasteiger partial charge in [0, 0.05) is 12.5 Å². The first-order valence-corrected chi connectivity index (χ1v) is 11.3. The van der Waals surface area contributed by atoms with E-state index in [1.165, 1.54) is 55.6 Å². The fourth-order valence-corrected chi connectivity index (χ4v) is 5.40. The number of halogens is 2. The lowest BCUT2D eigenvalue weighted by atomic mass is 9.76. The first-order chi connectivity index (χ1) is 17.3. The number of nitrogens with one attached hydrogen (secondary N) is 1. The van der Waals surface area contributed by atoms with Crippen LogP contribution in [0.25, 0.3) is 0 Å². The molecule has 0 aromatic heterocycles. The summed E-state index contributed by atoms with van der Waals surface area (Å²) in [6.07, 6.45) is -0.0724. The standard InChI is InChI=1S/C27H22F2N2O5/c1-36-26(35)27(14-15-9-11-18(32)12-10-15)22-21(23(30-27)16-5-4-6-17(28)13-16)24(33)31(25(22)34)20-8-3-2-7-19(20)29/h2-13,21-23,30,32H,14H2,1H3/t21-,22-,23-,27+/m0/s1. The topological polar surface area (TPSA) is 95.9 Å². The average molecular weight is 492 g/mol. The molecule has 0 bridgehead atoms. The fourth-order valence-electron chi connectivity index (χ4n) is 5.40. The zero-order valence-corrected chi connectivity index (χ0v) is 19.2. The first-order valence-electron chi connectivity index (χ1n) is 11.3. The molecule has 2 amide bonds. The van der Waals surface area contributed by atoms with E-state index in [1.807, 2.05) is 0 Å². The van der Waals surface area contributed by atoms with Gasteiger partial charge in [-0.05, 0) is 47.5 Å². The van der Waals surface area contributed by atoms with E-state index >= 15 is 0 Å². The lowest BCUT2D eigenvalue weighted by Crippen LogP contribution is -2.58. The third-order valence-corrected chi connectivity index (χ3v) is 6.92. The van der Waals surface area contributed by atoms with Crippen LogP contribution in [0.2, 0.25) is 0 Å². The second kappa shape index (κ2) is 8.83. The molecule has 5 rings (SSSR count). The third-order valence-electron chi connectivity index (χ3n) is 6.92. The van der Waals surface area contributed by atoms with Crippen LogP contribution in [0.15, 0.2) is 72.8 Å². The summed E-state index contributed by atoms with van der Waals surface area (Å²) in [5.74, 6) is -5.95. The summed E-state index contributed by atoms with van der Waals surface area (Å²) >= 11 is 0. The molecule has 2 N–H and O–H groups in total. The van der Waals surface area contributed by atoms with E-state index in [2.05, 4.69) is 5.32 Å². The Morgan fingerprint density at radius 1 is 1.03 bits per heavy atom. The molecule has 3 aromatic carbocycles. The van der Waals surface area contributed by atoms with E-state index < -0.39 is 52.8 Å². The number of hydrogen-bond acceptors (Lipinski definition) is 6. The summed E-state index contributed by atoms with van der Waals surface area (Å²) in [5, 5.41) is 12.8. The van der Waals surface area contributed by atoms with E-state index in [9.17, 15) is 28.3 Å². The second-order valence-corrected chi connectivity index (χ2v) is 8.95. The summed E-state index contributed by atoms with van der Waals surface area (Å²) in [6, 6.07) is 16.0. The van der Waals surface area contributed by atoms with Crippen LogP contribution in [-0.2, 0) is 25.5 Å². The van der Waals surface area contributed by atoms with Crippen molar-refractivity contribution >= 4 is 23.5 Å². The Balaban J connectivity index is 1.69. The molecule has 7 nitrogen and oxygen atoms in total. The number of rotatable bonds is 5. The van der Waals surface area contributed by atoms with E-state index in [4.69, 9.17) is 4.74 Å². The number of carbonyl (C=O) groups is 3. The number of phenolic OH excluding ortho intramolecular Hbond substituents is 1. The van der Waals surface area contributed by atoms with Gasteiger partial charge in [0.05, 0.1) is 24.6 Å². The van der Waals surface area contributed by atoms with Gasteiger partial charge in [0.1, 0.15) is 22.9 Å². The van der Waals surface area contributed by atoms with Gasteiger partial charge in [0.25, 0.3) is 0 Å². The predicted molar refractivity (Wildman–Crippen MR) is 125 cm³/mol. The van der Waals surface area contributed by atoms with Crippen molar-refractivity contribution in [1.29, 1.82) is 0 Å². The highest BCUT2D eigenvalue weighted by Gasteiger charge is 2.69. The molecule has 0 saturated carbocycles. The lowest BCUT2D eigenvalue weighted by molar-refractivity contribution is -0.152. The van der Waals surface area contributed by atoms with Crippen molar-refractivity contribution < 1.29 is 33.0 Å². The highest BCUT2D eigenvalue weighted by atomic mass is 19.1. The zero-order valence-electron chi connectivity index (χ0n) is 19.2. The van der Waals surface area contributed by atoms with Crippen molar-refractivity contribution in [2.75, 3.05) is 12.0 Å². The number of para-hydroxylation sites is 1. The summed E-state index contributed by atoms with van der Waals surface area (Å²) in [6.45, 7) is 0. The minimum Gasteiger partial charge on any atom is -0.508 e. The maximum Gasteiger partial charge on any atom is 0.327 e. The van der Waals surface area contributed by atoms with Crippen LogP contribution in [0.3, 0.4) is 0 Å². The molecule has 2 aliphatic rings. The number of anilines is 1. The molecule has 3 aromatic rings. The Bertz CT molecular complexity index is 1360. The number of fused-ring (bicyclic) bond motifs is 1. The Hall–Kier alpha value is -4.11. The van der Waals surface area contributed by atoms with E-state index in [-0.39, 0.29) is 17.9 Å². The monoisotopic (exact) mass is 492 g/mol. The van der Waals surface area contributed by atoms with Gasteiger partial charge >= 0.3 is 5.97 Å². The fraction of sp³-hybridized carbons (Fsp3) is 0.222. The van der Waals surface area contributed by atoms with Crippen LogP contribution in [0.5, 0.6) is 5.75 Å². The quantitative estimate of drug-likeness (QED) is 0.419. The number of esters is 1. The number of phenols is 1. The average Bonchev–Trinajstić information content (AvgIpc) is 3.34. The molecule has 36 heavy (non-hydrogen) atoms. The molecule has 0 spiro atoms. The Morgan fingerprint density at radius 2 is 1.75 bits per heavy atom. The van der Waals surface area contributed by atoms with Crippen LogP contribution >= 0.6 is 0 Å². The normalized spacial score (nSPS) is 25.2. The van der Waals surface area contributed by atoms with Crippen molar-refractivity contribution in [3.8, 4) is 5.75 Å². The van der Waals surface area contributed by atoms with Crippen LogP contribution in [0, 0.1) is 23.5 Å². The van der Waals surface area contributed by atoms with Gasteiger partial charge in [-0.1, -0.05) is 36.4 Å². The number of ether oxygens (including phenoxy) is 1. The largest absolute Gasteiger partial charge is 0.508 e. The second-order valence-electron chi connectivity index (χ2n) is 8.95. The Morgan fingerprint density at radius 3 is 2.42 bits per heavy atom. The van der Waals surface area contributed by atoms with E-state index in [1.54, 1.807) is 18.2 Å². The van der Waals surface area contributed by atoms with Crippen LogP contribution in [-0.4, -0.2) is 35.5 Å². The Kier molecular flexibility index (Phi) is 5.80. The van der Waals surface area contributed by atoms with Gasteiger partial charge in [-0.25, -0.2) is 13.7 Å². The number of aromatic hydroxyl groups is 1. The molecule has 2 aliphatic heterocycles. The maximum absolute atomic E-state index is 14.7. The molecule has 0 radical (unpaired) electrons. The molecule has 2 saturated heterocycles. The number of imide groups is 1. The van der Waals surface area contributed by atoms with Crippen molar-refractivity contribution in [3.63, 3.8) is 0 Å². The molecular formula is C27H22F2N2O5. The van der Waals surface area contributed by atoms with Crippen LogP contribution in [0.4, 0.5) is 14.5 Å². The summed E-state index contributed by atoms with van der Waals surface area (Å²) < 4.78 is 34.0. The highest BCUT2D eigenvalue weighted by Crippen LogP contribution is 2.51. The summed E-state index contributed by atoms with van der Waals surface area (Å²) in [7, 11) is 1.17. The molecule has 9 heteroatoms. The summed E-state index contributed by atoms with van der Waals surface area (Å²) in [5.41, 5.74) is -1.00. The van der Waals surface area contributed by atoms with Crippen LogP contribution < -0.4 is 10.2 Å². The molecule has 0 aliphatic carbocycles. The van der Waals surface area contributed by atoms with E-state index in [0.717, 1.165) is 11.0 Å². The minimum absolute atomic E-state index is 0.0126. The maximum atomic E-state index is 14.7. The number of benzene rings is 3. The molecular weight excluding hydrogens is 470 g/mol. The number of hydrogen-bond donors (Lipinski definition) is 2. The minimum atomic E-state index is -1.72. The first kappa shape index (κ1) is 23.6. The Labute approximate surface area is 205 Å². The molecule has 4 atom stereocenters. The van der Waals surface area contributed by atoms with Gasteiger partial charge in [0.15, 0.2) is 0 Å². The van der Waals surface area contributed by atoms with Gasteiger partial charge < -0.3 is 9.84 Å². The number of methoxy groups -OCH3 is 1. The number of amides is 2. The lowest BCUT2D eigenvalue weighted by Gasteiger charge is -2.32. The molecule has 184 valence electrons.